The number of rotatable bonds is 7. The van der Waals surface area contributed by atoms with Crippen LogP contribution in [-0.2, 0) is 9.47 Å². The summed E-state index contributed by atoms with van der Waals surface area (Å²) in [5.74, 6) is 1.56. The molecule has 0 amide bonds. The van der Waals surface area contributed by atoms with Crippen LogP contribution in [0, 0.1) is 0 Å². The minimum atomic E-state index is 0.235. The van der Waals surface area contributed by atoms with Crippen molar-refractivity contribution in [2.24, 2.45) is 0 Å². The van der Waals surface area contributed by atoms with Crippen molar-refractivity contribution in [2.75, 3.05) is 26.4 Å². The monoisotopic (exact) mass is 262 g/mol. The minimum Gasteiger partial charge on any atom is -0.487 e. The molecule has 0 bridgehead atoms. The Morgan fingerprint density at radius 2 is 1.84 bits per heavy atom. The van der Waals surface area contributed by atoms with Crippen molar-refractivity contribution in [3.63, 3.8) is 0 Å². The molecule has 1 aromatic rings. The lowest BCUT2D eigenvalue weighted by Crippen LogP contribution is -2.09. The summed E-state index contributed by atoms with van der Waals surface area (Å²) in [6.45, 7) is 4.72. The first-order valence-electron chi connectivity index (χ1n) is 6.61. The van der Waals surface area contributed by atoms with Crippen molar-refractivity contribution in [1.82, 2.24) is 0 Å². The van der Waals surface area contributed by atoms with E-state index in [2.05, 4.69) is 0 Å². The van der Waals surface area contributed by atoms with Gasteiger partial charge in [-0.3, -0.25) is 0 Å². The smallest absolute Gasteiger partial charge is 0.168 e. The van der Waals surface area contributed by atoms with E-state index in [1.165, 1.54) is 0 Å². The second-order valence-electron chi connectivity index (χ2n) is 4.71. The highest BCUT2D eigenvalue weighted by Crippen LogP contribution is 2.33. The molecule has 0 spiro atoms. The summed E-state index contributed by atoms with van der Waals surface area (Å²) in [7, 11) is 0. The largest absolute Gasteiger partial charge is 0.487 e. The fourth-order valence-corrected chi connectivity index (χ4v) is 1.80. The first-order valence-corrected chi connectivity index (χ1v) is 6.61. The van der Waals surface area contributed by atoms with E-state index in [1.807, 2.05) is 37.3 Å². The van der Waals surface area contributed by atoms with Crippen LogP contribution in [-0.4, -0.2) is 38.6 Å². The number of ether oxygens (including phenoxy) is 4. The lowest BCUT2D eigenvalue weighted by molar-refractivity contribution is 0.228. The molecule has 4 heteroatoms. The maximum atomic E-state index is 5.86. The van der Waals surface area contributed by atoms with Crippen LogP contribution in [0.25, 0.3) is 6.08 Å². The molecule has 2 unspecified atom stereocenters. The summed E-state index contributed by atoms with van der Waals surface area (Å²) in [6.07, 6.45) is 4.48. The van der Waals surface area contributed by atoms with Gasteiger partial charge in [-0.15, -0.1) is 0 Å². The van der Waals surface area contributed by atoms with Gasteiger partial charge in [0, 0.05) is 5.56 Å². The highest BCUT2D eigenvalue weighted by atomic mass is 16.6. The van der Waals surface area contributed by atoms with Crippen LogP contribution in [0.3, 0.4) is 0 Å². The van der Waals surface area contributed by atoms with Gasteiger partial charge in [-0.1, -0.05) is 24.3 Å². The second-order valence-corrected chi connectivity index (χ2v) is 4.71. The van der Waals surface area contributed by atoms with E-state index >= 15 is 0 Å². The number of para-hydroxylation sites is 1. The lowest BCUT2D eigenvalue weighted by Gasteiger charge is -2.14. The van der Waals surface area contributed by atoms with E-state index in [0.29, 0.717) is 13.2 Å². The molecule has 0 radical (unpaired) electrons. The summed E-state index contributed by atoms with van der Waals surface area (Å²) in [6, 6.07) is 5.92. The van der Waals surface area contributed by atoms with Gasteiger partial charge in [0.25, 0.3) is 0 Å². The molecule has 2 aliphatic heterocycles. The molecular weight excluding hydrogens is 244 g/mol. The second kappa shape index (κ2) is 5.63. The third-order valence-corrected chi connectivity index (χ3v) is 3.00. The molecule has 0 aliphatic carbocycles. The van der Waals surface area contributed by atoms with Crippen molar-refractivity contribution in [3.8, 4) is 11.5 Å². The van der Waals surface area contributed by atoms with Gasteiger partial charge in [-0.2, -0.15) is 0 Å². The van der Waals surface area contributed by atoms with E-state index in [0.717, 1.165) is 30.3 Å². The van der Waals surface area contributed by atoms with Gasteiger partial charge in [0.05, 0.1) is 13.2 Å². The fourth-order valence-electron chi connectivity index (χ4n) is 1.80. The summed E-state index contributed by atoms with van der Waals surface area (Å²) in [5, 5.41) is 0. The minimum absolute atomic E-state index is 0.235. The third-order valence-electron chi connectivity index (χ3n) is 3.00. The van der Waals surface area contributed by atoms with E-state index < -0.39 is 0 Å². The first kappa shape index (κ1) is 12.5. The van der Waals surface area contributed by atoms with Gasteiger partial charge < -0.3 is 18.9 Å². The number of hydrogen-bond acceptors (Lipinski definition) is 4. The van der Waals surface area contributed by atoms with Crippen LogP contribution in [0.1, 0.15) is 12.5 Å². The maximum Gasteiger partial charge on any atom is 0.168 e. The Balaban J connectivity index is 1.75. The van der Waals surface area contributed by atoms with Crippen molar-refractivity contribution >= 4 is 6.08 Å². The predicted molar refractivity (Wildman–Crippen MR) is 71.6 cm³/mol. The molecule has 2 fully saturated rings. The molecule has 0 N–H and O–H groups in total. The molecule has 2 aliphatic rings. The Bertz CT molecular complexity index is 461. The molecule has 19 heavy (non-hydrogen) atoms. The van der Waals surface area contributed by atoms with Crippen molar-refractivity contribution in [2.45, 2.75) is 19.1 Å². The van der Waals surface area contributed by atoms with Gasteiger partial charge in [-0.25, -0.2) is 0 Å². The molecule has 2 saturated heterocycles. The standard InChI is InChI=1S/C15H18O4/c1-2-4-11-5-3-6-14(18-9-12-7-16-12)15(11)19-10-13-8-17-13/h2-6,12-13H,7-10H2,1H3. The predicted octanol–water partition coefficient (Wildman–Crippen LogP) is 2.27. The maximum absolute atomic E-state index is 5.86. The topological polar surface area (TPSA) is 43.5 Å². The first-order chi connectivity index (χ1) is 9.36. The van der Waals surface area contributed by atoms with Crippen molar-refractivity contribution in [1.29, 1.82) is 0 Å². The van der Waals surface area contributed by atoms with Crippen LogP contribution in [0.4, 0.5) is 0 Å². The van der Waals surface area contributed by atoms with Crippen molar-refractivity contribution in [3.05, 3.63) is 29.8 Å². The van der Waals surface area contributed by atoms with Crippen LogP contribution >= 0.6 is 0 Å². The van der Waals surface area contributed by atoms with E-state index in [-0.39, 0.29) is 12.2 Å². The SMILES string of the molecule is CC=Cc1cccc(OCC2CO2)c1OCC1CO1. The quantitative estimate of drug-likeness (QED) is 0.707. The van der Waals surface area contributed by atoms with E-state index in [4.69, 9.17) is 18.9 Å². The molecule has 2 heterocycles. The lowest BCUT2D eigenvalue weighted by atomic mass is 10.1. The zero-order valence-electron chi connectivity index (χ0n) is 11.0. The van der Waals surface area contributed by atoms with Gasteiger partial charge >= 0.3 is 0 Å². The molecule has 102 valence electrons. The average Bonchev–Trinajstić information content (AvgIpc) is 3.28. The van der Waals surface area contributed by atoms with Gasteiger partial charge in [-0.05, 0) is 13.0 Å². The summed E-state index contributed by atoms with van der Waals surface area (Å²) >= 11 is 0. The van der Waals surface area contributed by atoms with Crippen LogP contribution in [0.15, 0.2) is 24.3 Å². The highest BCUT2D eigenvalue weighted by Gasteiger charge is 2.26. The zero-order valence-corrected chi connectivity index (χ0v) is 11.0. The Labute approximate surface area is 112 Å². The van der Waals surface area contributed by atoms with Crippen molar-refractivity contribution < 1.29 is 18.9 Å². The fraction of sp³-hybridized carbons (Fsp3) is 0.467. The molecule has 4 nitrogen and oxygen atoms in total. The highest BCUT2D eigenvalue weighted by molar-refractivity contribution is 5.62. The van der Waals surface area contributed by atoms with E-state index in [1.54, 1.807) is 0 Å². The van der Waals surface area contributed by atoms with Gasteiger partial charge in [0.1, 0.15) is 25.4 Å². The molecule has 0 aromatic heterocycles. The molecule has 3 rings (SSSR count). The Morgan fingerprint density at radius 1 is 1.16 bits per heavy atom. The summed E-state index contributed by atoms with van der Waals surface area (Å²) in [5.41, 5.74) is 1.03. The number of benzene rings is 1. The summed E-state index contributed by atoms with van der Waals surface area (Å²) in [4.78, 5) is 0. The third kappa shape index (κ3) is 3.49. The van der Waals surface area contributed by atoms with Crippen LogP contribution in [0.2, 0.25) is 0 Å². The molecule has 2 atom stereocenters. The molecular formula is C15H18O4. The summed E-state index contributed by atoms with van der Waals surface area (Å²) < 4.78 is 22.0. The average molecular weight is 262 g/mol. The number of hydrogen-bond donors (Lipinski definition) is 0. The Morgan fingerprint density at radius 3 is 2.47 bits per heavy atom. The number of epoxide rings is 2. The molecule has 0 saturated carbocycles. The van der Waals surface area contributed by atoms with Crippen LogP contribution in [0.5, 0.6) is 11.5 Å². The van der Waals surface area contributed by atoms with Gasteiger partial charge in [0.15, 0.2) is 11.5 Å². The Hall–Kier alpha value is -1.52. The molecule has 1 aromatic carbocycles. The van der Waals surface area contributed by atoms with Gasteiger partial charge in [0.2, 0.25) is 0 Å². The normalized spacial score (nSPS) is 24.5. The Kier molecular flexibility index (Phi) is 3.71. The zero-order chi connectivity index (χ0) is 13.1. The number of allylic oxidation sites excluding steroid dienone is 1. The van der Waals surface area contributed by atoms with E-state index in [9.17, 15) is 0 Å². The van der Waals surface area contributed by atoms with Crippen LogP contribution < -0.4 is 9.47 Å².